The summed E-state index contributed by atoms with van der Waals surface area (Å²) in [5.41, 5.74) is 0. The van der Waals surface area contributed by atoms with Crippen molar-refractivity contribution in [3.05, 3.63) is 36.7 Å². The summed E-state index contributed by atoms with van der Waals surface area (Å²) < 4.78 is 0. The molecule has 0 saturated heterocycles. The average molecular weight is 230 g/mol. The molecule has 0 aromatic rings. The van der Waals surface area contributed by atoms with Gasteiger partial charge in [-0.1, -0.05) is 58.1 Å². The molecule has 2 heteroatoms. The number of allylic oxidation sites excluding steroid dienone is 4. The second-order valence-corrected chi connectivity index (χ2v) is 3.33. The van der Waals surface area contributed by atoms with Gasteiger partial charge in [0.05, 0.1) is 0 Å². The summed E-state index contributed by atoms with van der Waals surface area (Å²) in [6.45, 7) is 4.49. The van der Waals surface area contributed by atoms with Gasteiger partial charge in [0, 0.05) is 12.4 Å². The molecular weight excluding hydrogens is 206 g/mol. The van der Waals surface area contributed by atoms with Gasteiger partial charge in [-0.25, -0.2) is 0 Å². The zero-order valence-corrected chi connectivity index (χ0v) is 10.7. The Hall–Kier alpha value is -0.690. The summed E-state index contributed by atoms with van der Waals surface area (Å²) in [7, 11) is 0. The largest absolute Gasteiger partial charge is 0.368 e. The zero-order valence-electron chi connectivity index (χ0n) is 9.91. The van der Waals surface area contributed by atoms with Crippen LogP contribution in [0.2, 0.25) is 0 Å². The standard InChI is InChI=1S/C7H16.C6H7N.ClH/c1-3-5-7-6-4-2;1-2-4-6-7-5-3-1;/h3-7H2,1-2H3;1-7H;1H. The molecule has 0 unspecified atom stereocenters. The minimum atomic E-state index is 0. The first kappa shape index (κ1) is 16.7. The van der Waals surface area contributed by atoms with E-state index in [0.29, 0.717) is 0 Å². The van der Waals surface area contributed by atoms with Crippen LogP contribution in [-0.4, -0.2) is 0 Å². The molecule has 1 rings (SSSR count). The van der Waals surface area contributed by atoms with Crippen LogP contribution in [0.5, 0.6) is 0 Å². The number of nitrogens with one attached hydrogen (secondary N) is 1. The highest BCUT2D eigenvalue weighted by molar-refractivity contribution is 5.85. The van der Waals surface area contributed by atoms with Crippen LogP contribution in [0, 0.1) is 0 Å². The molecule has 0 aromatic carbocycles. The van der Waals surface area contributed by atoms with Gasteiger partial charge in [-0.2, -0.15) is 0 Å². The number of hydrogen-bond acceptors (Lipinski definition) is 1. The fourth-order valence-electron chi connectivity index (χ4n) is 1.08. The van der Waals surface area contributed by atoms with Crippen molar-refractivity contribution in [2.75, 3.05) is 0 Å². The zero-order chi connectivity index (χ0) is 10.5. The minimum absolute atomic E-state index is 0. The van der Waals surface area contributed by atoms with Crippen molar-refractivity contribution in [2.45, 2.75) is 46.0 Å². The fourth-order valence-corrected chi connectivity index (χ4v) is 1.08. The van der Waals surface area contributed by atoms with E-state index >= 15 is 0 Å². The summed E-state index contributed by atoms with van der Waals surface area (Å²) in [5, 5.41) is 2.92. The molecule has 0 aromatic heterocycles. The molecule has 1 aliphatic heterocycles. The fraction of sp³-hybridized carbons (Fsp3) is 0.538. The maximum Gasteiger partial charge on any atom is 0.000442 e. The van der Waals surface area contributed by atoms with Gasteiger partial charge >= 0.3 is 0 Å². The molecule has 0 fully saturated rings. The van der Waals surface area contributed by atoms with Crippen molar-refractivity contribution >= 4 is 12.4 Å². The molecule has 1 heterocycles. The molecule has 0 atom stereocenters. The van der Waals surface area contributed by atoms with E-state index in [4.69, 9.17) is 0 Å². The van der Waals surface area contributed by atoms with E-state index in [1.807, 2.05) is 36.7 Å². The number of halogens is 1. The smallest absolute Gasteiger partial charge is 0.000442 e. The molecule has 0 saturated carbocycles. The van der Waals surface area contributed by atoms with Crippen LogP contribution in [0.1, 0.15) is 46.0 Å². The Kier molecular flexibility index (Phi) is 17.6. The second kappa shape index (κ2) is 15.8. The van der Waals surface area contributed by atoms with E-state index in [0.717, 1.165) is 0 Å². The monoisotopic (exact) mass is 229 g/mol. The Morgan fingerprint density at radius 3 is 1.60 bits per heavy atom. The molecule has 0 aliphatic carbocycles. The highest BCUT2D eigenvalue weighted by atomic mass is 35.5. The molecule has 1 aliphatic rings. The van der Waals surface area contributed by atoms with E-state index in [-0.39, 0.29) is 12.4 Å². The minimum Gasteiger partial charge on any atom is -0.368 e. The van der Waals surface area contributed by atoms with Crippen LogP contribution >= 0.6 is 12.4 Å². The quantitative estimate of drug-likeness (QED) is 0.697. The van der Waals surface area contributed by atoms with Gasteiger partial charge in [0.25, 0.3) is 0 Å². The maximum atomic E-state index is 2.92. The maximum absolute atomic E-state index is 2.92. The van der Waals surface area contributed by atoms with Gasteiger partial charge in [0.2, 0.25) is 0 Å². The molecule has 1 N–H and O–H groups in total. The summed E-state index contributed by atoms with van der Waals surface area (Å²) in [4.78, 5) is 0. The SMILES string of the molecule is C1=CC=CNC=C1.CCCCCCC.Cl. The Balaban J connectivity index is 0. The van der Waals surface area contributed by atoms with Gasteiger partial charge in [-0.3, -0.25) is 0 Å². The summed E-state index contributed by atoms with van der Waals surface area (Å²) in [6.07, 6.45) is 18.6. The molecule has 15 heavy (non-hydrogen) atoms. The summed E-state index contributed by atoms with van der Waals surface area (Å²) >= 11 is 0. The first-order valence-corrected chi connectivity index (χ1v) is 5.66. The van der Waals surface area contributed by atoms with Crippen LogP contribution in [0.3, 0.4) is 0 Å². The van der Waals surface area contributed by atoms with Crippen LogP contribution < -0.4 is 5.32 Å². The lowest BCUT2D eigenvalue weighted by Gasteiger charge is -1.90. The van der Waals surface area contributed by atoms with Crippen LogP contribution in [0.15, 0.2) is 36.7 Å². The summed E-state index contributed by atoms with van der Waals surface area (Å²) in [5.74, 6) is 0. The molecule has 0 radical (unpaired) electrons. The number of unbranched alkanes of at least 4 members (excludes halogenated alkanes) is 4. The Morgan fingerprint density at radius 2 is 1.20 bits per heavy atom. The lowest BCUT2D eigenvalue weighted by molar-refractivity contribution is 0.656. The lowest BCUT2D eigenvalue weighted by Crippen LogP contribution is -1.87. The van der Waals surface area contributed by atoms with Crippen LogP contribution in [-0.2, 0) is 0 Å². The third-order valence-corrected chi connectivity index (χ3v) is 1.93. The predicted molar refractivity (Wildman–Crippen MR) is 72.2 cm³/mol. The Morgan fingerprint density at radius 1 is 0.733 bits per heavy atom. The second-order valence-electron chi connectivity index (χ2n) is 3.33. The lowest BCUT2D eigenvalue weighted by atomic mass is 10.2. The Bertz CT molecular complexity index is 165. The number of rotatable bonds is 4. The van der Waals surface area contributed by atoms with E-state index in [1.165, 1.54) is 32.1 Å². The first-order valence-electron chi connectivity index (χ1n) is 5.66. The van der Waals surface area contributed by atoms with E-state index < -0.39 is 0 Å². The van der Waals surface area contributed by atoms with Gasteiger partial charge in [-0.15, -0.1) is 12.4 Å². The average Bonchev–Trinajstić information content (AvgIpc) is 2.51. The molecule has 1 nitrogen and oxygen atoms in total. The highest BCUT2D eigenvalue weighted by Crippen LogP contribution is 2.00. The molecule has 88 valence electrons. The van der Waals surface area contributed by atoms with Crippen molar-refractivity contribution in [3.63, 3.8) is 0 Å². The molecule has 0 bridgehead atoms. The van der Waals surface area contributed by atoms with Crippen molar-refractivity contribution < 1.29 is 0 Å². The van der Waals surface area contributed by atoms with E-state index in [9.17, 15) is 0 Å². The number of hydrogen-bond donors (Lipinski definition) is 1. The van der Waals surface area contributed by atoms with Gasteiger partial charge in [-0.05, 0) is 12.2 Å². The van der Waals surface area contributed by atoms with Crippen molar-refractivity contribution in [2.24, 2.45) is 0 Å². The van der Waals surface area contributed by atoms with Gasteiger partial charge in [0.1, 0.15) is 0 Å². The summed E-state index contributed by atoms with van der Waals surface area (Å²) in [6, 6.07) is 0. The predicted octanol–water partition coefficient (Wildman–Crippen LogP) is 4.57. The van der Waals surface area contributed by atoms with Gasteiger partial charge < -0.3 is 5.32 Å². The first-order chi connectivity index (χ1) is 6.91. The van der Waals surface area contributed by atoms with Crippen LogP contribution in [0.4, 0.5) is 0 Å². The normalized spacial score (nSPS) is 11.9. The van der Waals surface area contributed by atoms with Gasteiger partial charge in [0.15, 0.2) is 0 Å². The third-order valence-electron chi connectivity index (χ3n) is 1.93. The molecular formula is C13H24ClN. The van der Waals surface area contributed by atoms with Crippen LogP contribution in [0.25, 0.3) is 0 Å². The van der Waals surface area contributed by atoms with E-state index in [1.54, 1.807) is 0 Å². The van der Waals surface area contributed by atoms with Crippen molar-refractivity contribution in [1.82, 2.24) is 5.32 Å². The van der Waals surface area contributed by atoms with Crippen molar-refractivity contribution in [1.29, 1.82) is 0 Å². The highest BCUT2D eigenvalue weighted by Gasteiger charge is 1.80. The topological polar surface area (TPSA) is 12.0 Å². The Labute approximate surface area is 101 Å². The third kappa shape index (κ3) is 16.0. The molecule has 0 amide bonds. The van der Waals surface area contributed by atoms with E-state index in [2.05, 4.69) is 19.2 Å². The van der Waals surface area contributed by atoms with Crippen molar-refractivity contribution in [3.8, 4) is 0 Å². The molecule has 0 spiro atoms.